The second-order valence-corrected chi connectivity index (χ2v) is 5.18. The third-order valence-corrected chi connectivity index (χ3v) is 3.14. The lowest BCUT2D eigenvalue weighted by Gasteiger charge is -2.12. The predicted octanol–water partition coefficient (Wildman–Crippen LogP) is 3.16. The molecule has 21 heavy (non-hydrogen) atoms. The van der Waals surface area contributed by atoms with Crippen molar-refractivity contribution >= 4 is 17.6 Å². The van der Waals surface area contributed by atoms with E-state index < -0.39 is 6.61 Å². The fraction of sp³-hybridized carbons (Fsp3) is 0.500. The largest absolute Gasteiger partial charge is 0.434 e. The normalized spacial score (nSPS) is 15.2. The number of aliphatic imine (C=N–C) groups is 1. The van der Waals surface area contributed by atoms with Gasteiger partial charge < -0.3 is 15.4 Å². The van der Waals surface area contributed by atoms with Crippen LogP contribution in [0.1, 0.15) is 25.3 Å². The Bertz CT molecular complexity index is 507. The van der Waals surface area contributed by atoms with Crippen molar-refractivity contribution in [3.05, 3.63) is 28.8 Å². The molecule has 116 valence electrons. The molecule has 0 radical (unpaired) electrons. The number of alkyl halides is 2. The van der Waals surface area contributed by atoms with Crippen LogP contribution in [0.5, 0.6) is 5.75 Å². The minimum Gasteiger partial charge on any atom is -0.434 e. The van der Waals surface area contributed by atoms with Gasteiger partial charge in [-0.1, -0.05) is 11.6 Å². The van der Waals surface area contributed by atoms with Crippen LogP contribution in [0.3, 0.4) is 0 Å². The first-order valence-corrected chi connectivity index (χ1v) is 7.24. The Morgan fingerprint density at radius 3 is 2.86 bits per heavy atom. The Kier molecular flexibility index (Phi) is 5.61. The quantitative estimate of drug-likeness (QED) is 0.626. The van der Waals surface area contributed by atoms with E-state index in [1.54, 1.807) is 6.07 Å². The van der Waals surface area contributed by atoms with E-state index in [1.807, 2.05) is 6.92 Å². The Morgan fingerprint density at radius 2 is 2.24 bits per heavy atom. The minimum atomic E-state index is -2.87. The summed E-state index contributed by atoms with van der Waals surface area (Å²) < 4.78 is 29.3. The van der Waals surface area contributed by atoms with E-state index in [9.17, 15) is 8.78 Å². The number of nitrogens with zero attached hydrogens (tertiary/aromatic N) is 1. The first kappa shape index (κ1) is 15.8. The lowest BCUT2D eigenvalue weighted by molar-refractivity contribution is -0.0504. The summed E-state index contributed by atoms with van der Waals surface area (Å²) in [6.45, 7) is 0.0419. The average Bonchev–Trinajstić information content (AvgIpc) is 3.22. The molecular formula is C14H18ClF2N3O. The molecule has 1 aliphatic carbocycles. The molecule has 2 rings (SSSR count). The molecule has 0 unspecified atom stereocenters. The van der Waals surface area contributed by atoms with E-state index >= 15 is 0 Å². The third-order valence-electron chi connectivity index (χ3n) is 2.91. The highest BCUT2D eigenvalue weighted by molar-refractivity contribution is 6.30. The number of hydrogen-bond donors (Lipinski definition) is 2. The van der Waals surface area contributed by atoms with Gasteiger partial charge in [-0.2, -0.15) is 8.78 Å². The van der Waals surface area contributed by atoms with E-state index in [1.165, 1.54) is 12.1 Å². The molecule has 7 heteroatoms. The molecule has 2 N–H and O–H groups in total. The molecule has 0 heterocycles. The van der Waals surface area contributed by atoms with Gasteiger partial charge in [-0.05, 0) is 38.0 Å². The van der Waals surface area contributed by atoms with Gasteiger partial charge in [-0.3, -0.25) is 0 Å². The van der Waals surface area contributed by atoms with Gasteiger partial charge in [0.05, 0.1) is 6.54 Å². The molecule has 1 aromatic rings. The molecule has 1 aromatic carbocycles. The maximum absolute atomic E-state index is 12.4. The Morgan fingerprint density at radius 1 is 1.48 bits per heavy atom. The van der Waals surface area contributed by atoms with Crippen molar-refractivity contribution < 1.29 is 13.5 Å². The highest BCUT2D eigenvalue weighted by Gasteiger charge is 2.22. The molecule has 0 bridgehead atoms. The minimum absolute atomic E-state index is 0.0976. The Balaban J connectivity index is 2.09. The number of nitrogens with one attached hydrogen (secondary N) is 2. The molecule has 0 amide bonds. The zero-order chi connectivity index (χ0) is 15.2. The molecular weight excluding hydrogens is 300 g/mol. The van der Waals surface area contributed by atoms with Crippen LogP contribution in [0.25, 0.3) is 0 Å². The Hall–Kier alpha value is -1.56. The van der Waals surface area contributed by atoms with Crippen LogP contribution in [0, 0.1) is 0 Å². The monoisotopic (exact) mass is 317 g/mol. The number of halogens is 3. The summed E-state index contributed by atoms with van der Waals surface area (Å²) in [6.07, 6.45) is 2.25. The van der Waals surface area contributed by atoms with Gasteiger partial charge in [-0.25, -0.2) is 4.99 Å². The SMILES string of the molecule is CCNC(=NCc1cc(Cl)ccc1OC(F)F)NC1CC1. The fourth-order valence-electron chi connectivity index (χ4n) is 1.79. The highest BCUT2D eigenvalue weighted by Crippen LogP contribution is 2.25. The molecule has 1 fully saturated rings. The molecule has 0 atom stereocenters. The summed E-state index contributed by atoms with van der Waals surface area (Å²) >= 11 is 5.90. The van der Waals surface area contributed by atoms with E-state index in [0.29, 0.717) is 22.6 Å². The van der Waals surface area contributed by atoms with E-state index in [-0.39, 0.29) is 12.3 Å². The van der Waals surface area contributed by atoms with Crippen LogP contribution < -0.4 is 15.4 Å². The first-order valence-electron chi connectivity index (χ1n) is 6.86. The maximum atomic E-state index is 12.4. The van der Waals surface area contributed by atoms with Gasteiger partial charge in [0.25, 0.3) is 0 Å². The van der Waals surface area contributed by atoms with Gasteiger partial charge in [-0.15, -0.1) is 0 Å². The summed E-state index contributed by atoms with van der Waals surface area (Å²) in [4.78, 5) is 4.38. The van der Waals surface area contributed by atoms with Crippen LogP contribution in [0.2, 0.25) is 5.02 Å². The lowest BCUT2D eigenvalue weighted by atomic mass is 10.2. The van der Waals surface area contributed by atoms with Gasteiger partial charge in [0.15, 0.2) is 5.96 Å². The summed E-state index contributed by atoms with van der Waals surface area (Å²) in [5.74, 6) is 0.767. The number of guanidine groups is 1. The topological polar surface area (TPSA) is 45.7 Å². The van der Waals surface area contributed by atoms with Crippen LogP contribution in [0.4, 0.5) is 8.78 Å². The van der Waals surface area contributed by atoms with Crippen LogP contribution >= 0.6 is 11.6 Å². The summed E-state index contributed by atoms with van der Waals surface area (Å²) in [7, 11) is 0. The zero-order valence-electron chi connectivity index (χ0n) is 11.7. The predicted molar refractivity (Wildman–Crippen MR) is 79.1 cm³/mol. The lowest BCUT2D eigenvalue weighted by Crippen LogP contribution is -2.38. The molecule has 0 aromatic heterocycles. The fourth-order valence-corrected chi connectivity index (χ4v) is 1.98. The number of rotatable bonds is 6. The van der Waals surface area contributed by atoms with E-state index in [4.69, 9.17) is 11.6 Å². The number of benzene rings is 1. The summed E-state index contributed by atoms with van der Waals surface area (Å²) in [5, 5.41) is 6.83. The molecule has 0 spiro atoms. The maximum Gasteiger partial charge on any atom is 0.387 e. The van der Waals surface area contributed by atoms with Crippen molar-refractivity contribution in [1.82, 2.24) is 10.6 Å². The van der Waals surface area contributed by atoms with Gasteiger partial charge in [0, 0.05) is 23.2 Å². The van der Waals surface area contributed by atoms with Crippen LogP contribution in [-0.4, -0.2) is 25.2 Å². The van der Waals surface area contributed by atoms with Crippen molar-refractivity contribution in [1.29, 1.82) is 0 Å². The first-order chi connectivity index (χ1) is 10.1. The molecule has 0 aliphatic heterocycles. The smallest absolute Gasteiger partial charge is 0.387 e. The van der Waals surface area contributed by atoms with Crippen molar-refractivity contribution in [2.75, 3.05) is 6.54 Å². The van der Waals surface area contributed by atoms with Gasteiger partial charge in [0.2, 0.25) is 0 Å². The van der Waals surface area contributed by atoms with Crippen molar-refractivity contribution in [2.45, 2.75) is 39.0 Å². The molecule has 1 aliphatic rings. The van der Waals surface area contributed by atoms with Crippen molar-refractivity contribution in [3.63, 3.8) is 0 Å². The number of hydrogen-bond acceptors (Lipinski definition) is 2. The standard InChI is InChI=1S/C14H18ClF2N3O/c1-2-18-14(20-11-4-5-11)19-8-9-7-10(15)3-6-12(9)21-13(16)17/h3,6-7,11,13H,2,4-5,8H2,1H3,(H2,18,19,20). The Labute approximate surface area is 127 Å². The molecule has 1 saturated carbocycles. The van der Waals surface area contributed by atoms with Crippen LogP contribution in [0.15, 0.2) is 23.2 Å². The second kappa shape index (κ2) is 7.45. The van der Waals surface area contributed by atoms with E-state index in [2.05, 4.69) is 20.4 Å². The summed E-state index contributed by atoms with van der Waals surface area (Å²) in [5.41, 5.74) is 0.524. The van der Waals surface area contributed by atoms with E-state index in [0.717, 1.165) is 19.4 Å². The summed E-state index contributed by atoms with van der Waals surface area (Å²) in [6, 6.07) is 4.99. The highest BCUT2D eigenvalue weighted by atomic mass is 35.5. The molecule has 4 nitrogen and oxygen atoms in total. The number of ether oxygens (including phenoxy) is 1. The van der Waals surface area contributed by atoms with Crippen LogP contribution in [-0.2, 0) is 6.54 Å². The molecule has 0 saturated heterocycles. The third kappa shape index (κ3) is 5.38. The van der Waals surface area contributed by atoms with Gasteiger partial charge in [0.1, 0.15) is 5.75 Å². The van der Waals surface area contributed by atoms with Crippen molar-refractivity contribution in [2.24, 2.45) is 4.99 Å². The average molecular weight is 318 g/mol. The second-order valence-electron chi connectivity index (χ2n) is 4.74. The van der Waals surface area contributed by atoms with Gasteiger partial charge >= 0.3 is 6.61 Å². The van der Waals surface area contributed by atoms with Crippen molar-refractivity contribution in [3.8, 4) is 5.75 Å². The zero-order valence-corrected chi connectivity index (χ0v) is 12.5.